The molecule has 0 spiro atoms. The van der Waals surface area contributed by atoms with Crippen LogP contribution in [0.1, 0.15) is 19.5 Å². The van der Waals surface area contributed by atoms with Gasteiger partial charge in [-0.1, -0.05) is 0 Å². The van der Waals surface area contributed by atoms with Gasteiger partial charge in [-0.05, 0) is 39.0 Å². The van der Waals surface area contributed by atoms with E-state index in [1.165, 1.54) is 5.39 Å². The minimum absolute atomic E-state index is 0.168. The van der Waals surface area contributed by atoms with Crippen molar-refractivity contribution in [3.05, 3.63) is 42.2 Å². The predicted octanol–water partition coefficient (Wildman–Crippen LogP) is 3.26. The van der Waals surface area contributed by atoms with Crippen LogP contribution in [0.3, 0.4) is 0 Å². The Morgan fingerprint density at radius 2 is 2.05 bits per heavy atom. The highest BCUT2D eigenvalue weighted by Gasteiger charge is 2.10. The van der Waals surface area contributed by atoms with Gasteiger partial charge in [0.1, 0.15) is 11.6 Å². The van der Waals surface area contributed by atoms with Gasteiger partial charge in [-0.15, -0.1) is 0 Å². The van der Waals surface area contributed by atoms with Gasteiger partial charge < -0.3 is 9.30 Å². The highest BCUT2D eigenvalue weighted by atomic mass is 16.5. The Kier molecular flexibility index (Phi) is 3.01. The molecule has 0 N–H and O–H groups in total. The second-order valence-corrected chi connectivity index (χ2v) is 5.23. The van der Waals surface area contributed by atoms with Gasteiger partial charge in [0.25, 0.3) is 0 Å². The first-order valence-electron chi connectivity index (χ1n) is 6.75. The Labute approximate surface area is 118 Å². The molecule has 0 saturated carbocycles. The molecule has 0 atom stereocenters. The Morgan fingerprint density at radius 3 is 2.70 bits per heavy atom. The first-order chi connectivity index (χ1) is 9.54. The molecule has 0 bridgehead atoms. The summed E-state index contributed by atoms with van der Waals surface area (Å²) in [5.74, 6) is 1.81. The maximum atomic E-state index is 5.77. The van der Waals surface area contributed by atoms with Crippen LogP contribution in [-0.2, 0) is 7.05 Å². The largest absolute Gasteiger partial charge is 0.491 e. The number of nitrogens with zero attached hydrogens (tertiary/aromatic N) is 3. The minimum Gasteiger partial charge on any atom is -0.491 e. The third-order valence-electron chi connectivity index (χ3n) is 3.16. The quantitative estimate of drug-likeness (QED) is 0.730. The Hall–Kier alpha value is -2.23. The van der Waals surface area contributed by atoms with Crippen LogP contribution in [0.15, 0.2) is 30.5 Å². The summed E-state index contributed by atoms with van der Waals surface area (Å²) in [4.78, 5) is 0. The van der Waals surface area contributed by atoms with Crippen molar-refractivity contribution in [2.45, 2.75) is 26.9 Å². The molecule has 2 heterocycles. The summed E-state index contributed by atoms with van der Waals surface area (Å²) in [6.07, 6.45) is 2.21. The van der Waals surface area contributed by atoms with Gasteiger partial charge in [-0.3, -0.25) is 4.68 Å². The molecule has 4 nitrogen and oxygen atoms in total. The molecule has 0 aliphatic heterocycles. The zero-order chi connectivity index (χ0) is 14.3. The van der Waals surface area contributed by atoms with Gasteiger partial charge in [0, 0.05) is 24.7 Å². The SMILES string of the molecule is Cc1[c]c(-n2ccc3ccc(OC(C)C)cc32)n(C)n1. The maximum Gasteiger partial charge on any atom is 0.143 e. The number of fused-ring (bicyclic) bond motifs is 1. The first kappa shape index (κ1) is 12.8. The van der Waals surface area contributed by atoms with Crippen molar-refractivity contribution in [3.63, 3.8) is 0 Å². The number of benzene rings is 1. The van der Waals surface area contributed by atoms with E-state index in [0.29, 0.717) is 0 Å². The lowest BCUT2D eigenvalue weighted by molar-refractivity contribution is 0.242. The summed E-state index contributed by atoms with van der Waals surface area (Å²) in [5.41, 5.74) is 1.99. The zero-order valence-corrected chi connectivity index (χ0v) is 12.2. The third-order valence-corrected chi connectivity index (χ3v) is 3.16. The summed E-state index contributed by atoms with van der Waals surface area (Å²) in [7, 11) is 1.93. The van der Waals surface area contributed by atoms with Crippen molar-refractivity contribution in [1.82, 2.24) is 14.3 Å². The molecular weight excluding hydrogens is 250 g/mol. The number of hydrogen-bond donors (Lipinski definition) is 0. The fourth-order valence-corrected chi connectivity index (χ4v) is 2.39. The van der Waals surface area contributed by atoms with Crippen LogP contribution in [0, 0.1) is 13.0 Å². The zero-order valence-electron chi connectivity index (χ0n) is 12.2. The van der Waals surface area contributed by atoms with E-state index in [4.69, 9.17) is 4.74 Å². The van der Waals surface area contributed by atoms with E-state index in [1.54, 1.807) is 0 Å². The number of hydrogen-bond acceptors (Lipinski definition) is 2. The van der Waals surface area contributed by atoms with Crippen LogP contribution in [0.5, 0.6) is 5.75 Å². The lowest BCUT2D eigenvalue weighted by Crippen LogP contribution is -2.06. The fraction of sp³-hybridized carbons (Fsp3) is 0.312. The van der Waals surface area contributed by atoms with E-state index < -0.39 is 0 Å². The smallest absolute Gasteiger partial charge is 0.143 e. The van der Waals surface area contributed by atoms with E-state index in [-0.39, 0.29) is 6.10 Å². The van der Waals surface area contributed by atoms with Gasteiger partial charge in [-0.25, -0.2) is 0 Å². The monoisotopic (exact) mass is 268 g/mol. The highest BCUT2D eigenvalue weighted by Crippen LogP contribution is 2.25. The van der Waals surface area contributed by atoms with Crippen molar-refractivity contribution in [2.24, 2.45) is 7.05 Å². The van der Waals surface area contributed by atoms with Crippen molar-refractivity contribution in [1.29, 1.82) is 0 Å². The second kappa shape index (κ2) is 4.71. The van der Waals surface area contributed by atoms with E-state index in [0.717, 1.165) is 22.8 Å². The molecule has 0 saturated heterocycles. The molecular formula is C16H18N3O. The fourth-order valence-electron chi connectivity index (χ4n) is 2.39. The van der Waals surface area contributed by atoms with E-state index >= 15 is 0 Å². The number of aryl methyl sites for hydroxylation is 2. The van der Waals surface area contributed by atoms with Crippen LogP contribution in [0.4, 0.5) is 0 Å². The lowest BCUT2D eigenvalue weighted by Gasteiger charge is -2.11. The van der Waals surface area contributed by atoms with Crippen molar-refractivity contribution < 1.29 is 4.74 Å². The van der Waals surface area contributed by atoms with Crippen molar-refractivity contribution in [3.8, 4) is 11.6 Å². The van der Waals surface area contributed by atoms with E-state index in [9.17, 15) is 0 Å². The van der Waals surface area contributed by atoms with Gasteiger partial charge in [0.2, 0.25) is 0 Å². The standard InChI is InChI=1S/C16H18N3O/c1-11(2)20-14-6-5-13-7-8-19(15(13)10-14)16-9-12(3)17-18(16)4/h5-8,10-11H,1-4H3. The molecule has 0 fully saturated rings. The Balaban J connectivity index is 2.14. The maximum absolute atomic E-state index is 5.77. The topological polar surface area (TPSA) is 32.0 Å². The number of aromatic nitrogens is 3. The van der Waals surface area contributed by atoms with Gasteiger partial charge in [-0.2, -0.15) is 5.10 Å². The molecule has 3 rings (SSSR count). The summed E-state index contributed by atoms with van der Waals surface area (Å²) < 4.78 is 9.70. The third kappa shape index (κ3) is 2.18. The average Bonchev–Trinajstić information content (AvgIpc) is 2.91. The minimum atomic E-state index is 0.168. The molecule has 1 aromatic carbocycles. The van der Waals surface area contributed by atoms with Crippen molar-refractivity contribution >= 4 is 10.9 Å². The molecule has 0 unspecified atom stereocenters. The van der Waals surface area contributed by atoms with Gasteiger partial charge in [0.15, 0.2) is 0 Å². The normalized spacial score (nSPS) is 11.4. The molecule has 0 aliphatic rings. The first-order valence-corrected chi connectivity index (χ1v) is 6.75. The molecule has 3 aromatic rings. The molecule has 2 aromatic heterocycles. The van der Waals surface area contributed by atoms with E-state index in [2.05, 4.69) is 33.9 Å². The predicted molar refractivity (Wildman–Crippen MR) is 79.4 cm³/mol. The van der Waals surface area contributed by atoms with Crippen LogP contribution in [0.25, 0.3) is 16.7 Å². The van der Waals surface area contributed by atoms with Crippen molar-refractivity contribution in [2.75, 3.05) is 0 Å². The molecule has 20 heavy (non-hydrogen) atoms. The van der Waals surface area contributed by atoms with Crippen LogP contribution in [-0.4, -0.2) is 20.5 Å². The molecule has 0 amide bonds. The summed E-state index contributed by atoms with van der Waals surface area (Å²) in [6.45, 7) is 6.01. The summed E-state index contributed by atoms with van der Waals surface area (Å²) in [5, 5.41) is 5.53. The Bertz CT molecular complexity index is 752. The second-order valence-electron chi connectivity index (χ2n) is 5.23. The van der Waals surface area contributed by atoms with Crippen LogP contribution >= 0.6 is 0 Å². The average molecular weight is 268 g/mol. The highest BCUT2D eigenvalue weighted by molar-refractivity contribution is 5.83. The van der Waals surface area contributed by atoms with Crippen LogP contribution in [0.2, 0.25) is 0 Å². The summed E-state index contributed by atoms with van der Waals surface area (Å²) >= 11 is 0. The molecule has 103 valence electrons. The summed E-state index contributed by atoms with van der Waals surface area (Å²) in [6, 6.07) is 11.5. The lowest BCUT2D eigenvalue weighted by atomic mass is 10.2. The van der Waals surface area contributed by atoms with Gasteiger partial charge in [0.05, 0.1) is 23.4 Å². The molecule has 1 radical (unpaired) electrons. The van der Waals surface area contributed by atoms with E-state index in [1.807, 2.05) is 44.8 Å². The number of ether oxygens (including phenoxy) is 1. The number of rotatable bonds is 3. The molecule has 4 heteroatoms. The Morgan fingerprint density at radius 1 is 1.25 bits per heavy atom. The van der Waals surface area contributed by atoms with Crippen LogP contribution < -0.4 is 4.74 Å². The molecule has 0 aliphatic carbocycles. The van der Waals surface area contributed by atoms with Gasteiger partial charge >= 0.3 is 0 Å².